The van der Waals surface area contributed by atoms with Crippen LogP contribution in [0, 0.1) is 0 Å². The van der Waals surface area contributed by atoms with Crippen LogP contribution in [0.2, 0.25) is 0 Å². The highest BCUT2D eigenvalue weighted by atomic mass is 32.2. The lowest BCUT2D eigenvalue weighted by Crippen LogP contribution is -2.34. The second-order valence-corrected chi connectivity index (χ2v) is 7.97. The maximum atomic E-state index is 12.2. The molecule has 0 radical (unpaired) electrons. The molecule has 0 aliphatic carbocycles. The third-order valence-electron chi connectivity index (χ3n) is 3.73. The Labute approximate surface area is 147 Å². The average molecular weight is 363 g/mol. The Balaban J connectivity index is 2.17. The molecular weight excluding hydrogens is 342 g/mol. The van der Waals surface area contributed by atoms with E-state index in [0.29, 0.717) is 0 Å². The van der Waals surface area contributed by atoms with Crippen molar-refractivity contribution in [3.63, 3.8) is 0 Å². The smallest absolute Gasteiger partial charge is 0.251 e. The first-order valence-corrected chi connectivity index (χ1v) is 9.13. The predicted octanol–water partition coefficient (Wildman–Crippen LogP) is 0.976. The van der Waals surface area contributed by atoms with E-state index in [1.54, 1.807) is 0 Å². The third-order valence-corrected chi connectivity index (χ3v) is 5.52. The van der Waals surface area contributed by atoms with Crippen LogP contribution in [0.25, 0.3) is 0 Å². The van der Waals surface area contributed by atoms with E-state index in [1.807, 2.05) is 37.3 Å². The van der Waals surface area contributed by atoms with Crippen molar-refractivity contribution in [1.82, 2.24) is 14.2 Å². The van der Waals surface area contributed by atoms with Crippen LogP contribution in [-0.4, -0.2) is 37.3 Å². The minimum atomic E-state index is -3.68. The fourth-order valence-electron chi connectivity index (χ4n) is 2.26. The summed E-state index contributed by atoms with van der Waals surface area (Å²) in [5, 5.41) is 2.79. The SMILES string of the molecule is C[C@@H](NC(=O)Cn1cc(S(=O)(=O)N(C)C)ccc1=O)c1ccccc1. The molecule has 8 heteroatoms. The zero-order chi connectivity index (χ0) is 18.6. The largest absolute Gasteiger partial charge is 0.348 e. The molecule has 1 atom stereocenters. The molecule has 0 bridgehead atoms. The van der Waals surface area contributed by atoms with E-state index >= 15 is 0 Å². The van der Waals surface area contributed by atoms with Crippen LogP contribution in [0.5, 0.6) is 0 Å². The minimum Gasteiger partial charge on any atom is -0.348 e. The summed E-state index contributed by atoms with van der Waals surface area (Å²) in [5.41, 5.74) is 0.493. The lowest BCUT2D eigenvalue weighted by atomic mass is 10.1. The van der Waals surface area contributed by atoms with Crippen LogP contribution in [0.3, 0.4) is 0 Å². The van der Waals surface area contributed by atoms with Crippen molar-refractivity contribution >= 4 is 15.9 Å². The Bertz CT molecular complexity index is 905. The number of carbonyl (C=O) groups is 1. The molecule has 2 rings (SSSR count). The average Bonchev–Trinajstić information content (AvgIpc) is 2.57. The van der Waals surface area contributed by atoms with E-state index < -0.39 is 15.6 Å². The number of nitrogens with one attached hydrogen (secondary N) is 1. The van der Waals surface area contributed by atoms with Gasteiger partial charge < -0.3 is 9.88 Å². The van der Waals surface area contributed by atoms with Gasteiger partial charge in [0.2, 0.25) is 15.9 Å². The second kappa shape index (κ2) is 7.62. The van der Waals surface area contributed by atoms with Gasteiger partial charge in [-0.05, 0) is 18.6 Å². The van der Waals surface area contributed by atoms with Crippen LogP contribution in [0.1, 0.15) is 18.5 Å². The Morgan fingerprint density at radius 1 is 1.16 bits per heavy atom. The number of benzene rings is 1. The normalized spacial score (nSPS) is 12.8. The summed E-state index contributed by atoms with van der Waals surface area (Å²) in [6.07, 6.45) is 1.18. The Hall–Kier alpha value is -2.45. The second-order valence-electron chi connectivity index (χ2n) is 5.82. The number of sulfonamides is 1. The van der Waals surface area contributed by atoms with Crippen molar-refractivity contribution < 1.29 is 13.2 Å². The van der Waals surface area contributed by atoms with E-state index in [4.69, 9.17) is 0 Å². The molecule has 0 aliphatic rings. The number of nitrogens with zero attached hydrogens (tertiary/aromatic N) is 2. The molecule has 25 heavy (non-hydrogen) atoms. The highest BCUT2D eigenvalue weighted by Gasteiger charge is 2.19. The molecule has 0 fully saturated rings. The first kappa shape index (κ1) is 18.9. The fraction of sp³-hybridized carbons (Fsp3) is 0.294. The topological polar surface area (TPSA) is 88.5 Å². The van der Waals surface area contributed by atoms with Gasteiger partial charge in [0.1, 0.15) is 6.54 Å². The van der Waals surface area contributed by atoms with Gasteiger partial charge in [0.05, 0.1) is 10.9 Å². The third kappa shape index (κ3) is 4.55. The van der Waals surface area contributed by atoms with Gasteiger partial charge in [0, 0.05) is 26.4 Å². The molecule has 1 aromatic heterocycles. The van der Waals surface area contributed by atoms with Gasteiger partial charge >= 0.3 is 0 Å². The lowest BCUT2D eigenvalue weighted by Gasteiger charge is -2.16. The summed E-state index contributed by atoms with van der Waals surface area (Å²) in [5.74, 6) is -0.377. The van der Waals surface area contributed by atoms with Gasteiger partial charge in [-0.25, -0.2) is 12.7 Å². The molecule has 1 aromatic carbocycles. The van der Waals surface area contributed by atoms with Crippen molar-refractivity contribution in [2.45, 2.75) is 24.4 Å². The summed E-state index contributed by atoms with van der Waals surface area (Å²) < 4.78 is 26.4. The molecule has 0 saturated carbocycles. The van der Waals surface area contributed by atoms with Crippen LogP contribution in [-0.2, 0) is 21.4 Å². The lowest BCUT2D eigenvalue weighted by molar-refractivity contribution is -0.122. The Morgan fingerprint density at radius 3 is 2.40 bits per heavy atom. The zero-order valence-electron chi connectivity index (χ0n) is 14.3. The number of hydrogen-bond donors (Lipinski definition) is 1. The van der Waals surface area contributed by atoms with Crippen molar-refractivity contribution in [3.05, 3.63) is 64.6 Å². The fourth-order valence-corrected chi connectivity index (χ4v) is 3.19. The highest BCUT2D eigenvalue weighted by molar-refractivity contribution is 7.89. The standard InChI is InChI=1S/C17H21N3O4S/c1-13(14-7-5-4-6-8-14)18-16(21)12-20-11-15(9-10-17(20)22)25(23,24)19(2)3/h4-11,13H,12H2,1-3H3,(H,18,21)/t13-/m1/s1. The van der Waals surface area contributed by atoms with Gasteiger partial charge in [-0.1, -0.05) is 30.3 Å². The van der Waals surface area contributed by atoms with Crippen molar-refractivity contribution in [1.29, 1.82) is 0 Å². The molecule has 1 N–H and O–H groups in total. The Morgan fingerprint density at radius 2 is 1.80 bits per heavy atom. The molecule has 1 amide bonds. The van der Waals surface area contributed by atoms with Gasteiger partial charge in [-0.2, -0.15) is 0 Å². The van der Waals surface area contributed by atoms with Gasteiger partial charge in [-0.3, -0.25) is 9.59 Å². The first-order valence-electron chi connectivity index (χ1n) is 7.69. The quantitative estimate of drug-likeness (QED) is 0.828. The monoisotopic (exact) mass is 363 g/mol. The molecule has 0 aliphatic heterocycles. The van der Waals surface area contributed by atoms with Crippen molar-refractivity contribution in [3.8, 4) is 0 Å². The number of aromatic nitrogens is 1. The number of pyridine rings is 1. The molecule has 0 saturated heterocycles. The van der Waals surface area contributed by atoms with Gasteiger partial charge in [-0.15, -0.1) is 0 Å². The number of rotatable bonds is 6. The first-order chi connectivity index (χ1) is 11.7. The van der Waals surface area contributed by atoms with E-state index in [-0.39, 0.29) is 23.4 Å². The zero-order valence-corrected chi connectivity index (χ0v) is 15.2. The van der Waals surface area contributed by atoms with Crippen LogP contribution in [0.4, 0.5) is 0 Å². The predicted molar refractivity (Wildman–Crippen MR) is 94.6 cm³/mol. The Kier molecular flexibility index (Phi) is 5.76. The molecule has 1 heterocycles. The number of carbonyl (C=O) groups excluding carboxylic acids is 1. The summed E-state index contributed by atoms with van der Waals surface area (Å²) >= 11 is 0. The van der Waals surface area contributed by atoms with Crippen molar-refractivity contribution in [2.24, 2.45) is 0 Å². The van der Waals surface area contributed by atoms with E-state index in [2.05, 4.69) is 5.32 Å². The molecule has 134 valence electrons. The van der Waals surface area contributed by atoms with Crippen LogP contribution in [0.15, 0.2) is 58.4 Å². The molecular formula is C17H21N3O4S. The van der Waals surface area contributed by atoms with Crippen molar-refractivity contribution in [2.75, 3.05) is 14.1 Å². The summed E-state index contributed by atoms with van der Waals surface area (Å²) in [6.45, 7) is 1.58. The summed E-state index contributed by atoms with van der Waals surface area (Å²) in [7, 11) is -0.872. The minimum absolute atomic E-state index is 0.0407. The van der Waals surface area contributed by atoms with Gasteiger partial charge in [0.25, 0.3) is 5.56 Å². The van der Waals surface area contributed by atoms with Gasteiger partial charge in [0.15, 0.2) is 0 Å². The number of amides is 1. The van der Waals surface area contributed by atoms with Crippen LogP contribution >= 0.6 is 0 Å². The highest BCUT2D eigenvalue weighted by Crippen LogP contribution is 2.12. The van der Waals surface area contributed by atoms with E-state index in [1.165, 1.54) is 26.4 Å². The van der Waals surface area contributed by atoms with E-state index in [0.717, 1.165) is 20.5 Å². The molecule has 0 spiro atoms. The number of hydrogen-bond acceptors (Lipinski definition) is 4. The maximum absolute atomic E-state index is 12.2. The maximum Gasteiger partial charge on any atom is 0.251 e. The molecule has 0 unspecified atom stereocenters. The van der Waals surface area contributed by atoms with E-state index in [9.17, 15) is 18.0 Å². The summed E-state index contributed by atoms with van der Waals surface area (Å²) in [6, 6.07) is 11.6. The van der Waals surface area contributed by atoms with Crippen LogP contribution < -0.4 is 10.9 Å². The molecule has 7 nitrogen and oxygen atoms in total. The summed E-state index contributed by atoms with van der Waals surface area (Å²) in [4.78, 5) is 24.1. The molecule has 2 aromatic rings.